The summed E-state index contributed by atoms with van der Waals surface area (Å²) in [4.78, 5) is 0.235. The molecule has 2 fully saturated rings. The average Bonchev–Trinajstić information content (AvgIpc) is 3.19. The van der Waals surface area contributed by atoms with Crippen molar-refractivity contribution in [2.24, 2.45) is 5.92 Å². The maximum absolute atomic E-state index is 12.5. The number of hydrogen-bond donors (Lipinski definition) is 2. The van der Waals surface area contributed by atoms with Crippen LogP contribution < -0.4 is 10.5 Å². The molecule has 1 aliphatic carbocycles. The first-order chi connectivity index (χ1) is 10.0. The molecule has 1 saturated heterocycles. The van der Waals surface area contributed by atoms with Crippen molar-refractivity contribution in [3.8, 4) is 0 Å². The third-order valence-electron chi connectivity index (χ3n) is 4.34. The van der Waals surface area contributed by atoms with Crippen molar-refractivity contribution >= 4 is 15.7 Å². The third-order valence-corrected chi connectivity index (χ3v) is 5.83. The van der Waals surface area contributed by atoms with Gasteiger partial charge in [0.15, 0.2) is 0 Å². The molecule has 1 aromatic rings. The Hall–Kier alpha value is -1.11. The molecule has 1 heterocycles. The normalized spacial score (nSPS) is 26.1. The largest absolute Gasteiger partial charge is 0.398 e. The number of rotatable bonds is 5. The zero-order valence-corrected chi connectivity index (χ0v) is 13.0. The SMILES string of the molecule is CCc1ccc(S(=O)(=O)NC2CCOC2C2CC2)cc1N. The van der Waals surface area contributed by atoms with Gasteiger partial charge in [-0.25, -0.2) is 13.1 Å². The van der Waals surface area contributed by atoms with E-state index in [1.807, 2.05) is 6.92 Å². The number of ether oxygens (including phenoxy) is 1. The highest BCUT2D eigenvalue weighted by Crippen LogP contribution is 2.39. The van der Waals surface area contributed by atoms with Crippen LogP contribution in [-0.4, -0.2) is 27.2 Å². The number of nitrogens with two attached hydrogens (primary N) is 1. The monoisotopic (exact) mass is 310 g/mol. The van der Waals surface area contributed by atoms with Crippen LogP contribution in [0.2, 0.25) is 0 Å². The van der Waals surface area contributed by atoms with Crippen LogP contribution in [0.5, 0.6) is 0 Å². The van der Waals surface area contributed by atoms with Crippen molar-refractivity contribution in [3.05, 3.63) is 23.8 Å². The Kier molecular flexibility index (Phi) is 3.94. The highest BCUT2D eigenvalue weighted by molar-refractivity contribution is 7.89. The summed E-state index contributed by atoms with van der Waals surface area (Å²) in [6, 6.07) is 4.84. The first kappa shape index (κ1) is 14.8. The van der Waals surface area contributed by atoms with Gasteiger partial charge in [0.25, 0.3) is 0 Å². The highest BCUT2D eigenvalue weighted by atomic mass is 32.2. The molecule has 2 atom stereocenters. The zero-order chi connectivity index (χ0) is 15.0. The molecule has 116 valence electrons. The second-order valence-corrected chi connectivity index (χ2v) is 7.62. The second-order valence-electron chi connectivity index (χ2n) is 5.90. The van der Waals surface area contributed by atoms with Crippen molar-refractivity contribution in [3.63, 3.8) is 0 Å². The number of anilines is 1. The number of aryl methyl sites for hydroxylation is 1. The van der Waals surface area contributed by atoms with Gasteiger partial charge in [0.2, 0.25) is 10.0 Å². The molecule has 1 saturated carbocycles. The van der Waals surface area contributed by atoms with Crippen molar-refractivity contribution in [1.29, 1.82) is 0 Å². The van der Waals surface area contributed by atoms with Gasteiger partial charge in [-0.3, -0.25) is 0 Å². The standard InChI is InChI=1S/C15H22N2O3S/c1-2-10-5-6-12(9-13(10)16)21(18,19)17-14-7-8-20-15(14)11-3-4-11/h5-6,9,11,14-15,17H,2-4,7-8,16H2,1H3. The molecular formula is C15H22N2O3S. The number of hydrogen-bond acceptors (Lipinski definition) is 4. The Bertz CT molecular complexity index is 626. The lowest BCUT2D eigenvalue weighted by molar-refractivity contribution is 0.0848. The van der Waals surface area contributed by atoms with Gasteiger partial charge in [0.1, 0.15) is 0 Å². The van der Waals surface area contributed by atoms with E-state index < -0.39 is 10.0 Å². The molecule has 21 heavy (non-hydrogen) atoms. The first-order valence-electron chi connectivity index (χ1n) is 7.53. The minimum Gasteiger partial charge on any atom is -0.398 e. The summed E-state index contributed by atoms with van der Waals surface area (Å²) in [7, 11) is -3.54. The summed E-state index contributed by atoms with van der Waals surface area (Å²) in [5, 5.41) is 0. The molecule has 0 radical (unpaired) electrons. The van der Waals surface area contributed by atoms with Crippen molar-refractivity contribution in [1.82, 2.24) is 4.72 Å². The van der Waals surface area contributed by atoms with Gasteiger partial charge in [-0.2, -0.15) is 0 Å². The van der Waals surface area contributed by atoms with E-state index in [1.54, 1.807) is 18.2 Å². The third kappa shape index (κ3) is 3.07. The number of sulfonamides is 1. The van der Waals surface area contributed by atoms with Gasteiger partial charge in [0, 0.05) is 12.3 Å². The smallest absolute Gasteiger partial charge is 0.240 e. The van der Waals surface area contributed by atoms with E-state index in [0.717, 1.165) is 31.2 Å². The summed E-state index contributed by atoms with van der Waals surface area (Å²) >= 11 is 0. The van der Waals surface area contributed by atoms with Gasteiger partial charge in [0.05, 0.1) is 17.0 Å². The summed E-state index contributed by atoms with van der Waals surface area (Å²) < 4.78 is 33.5. The van der Waals surface area contributed by atoms with Gasteiger partial charge < -0.3 is 10.5 Å². The molecule has 5 nitrogen and oxygen atoms in total. The van der Waals surface area contributed by atoms with Crippen LogP contribution in [0.15, 0.2) is 23.1 Å². The van der Waals surface area contributed by atoms with Gasteiger partial charge >= 0.3 is 0 Å². The molecule has 0 bridgehead atoms. The molecule has 1 aliphatic heterocycles. The van der Waals surface area contributed by atoms with Gasteiger partial charge in [-0.15, -0.1) is 0 Å². The number of benzene rings is 1. The molecule has 3 rings (SSSR count). The van der Waals surface area contributed by atoms with E-state index in [1.165, 1.54) is 0 Å². The highest BCUT2D eigenvalue weighted by Gasteiger charge is 2.42. The summed E-state index contributed by atoms with van der Waals surface area (Å²) in [5.74, 6) is 0.521. The van der Waals surface area contributed by atoms with Crippen LogP contribution in [0.3, 0.4) is 0 Å². The van der Waals surface area contributed by atoms with E-state index in [-0.39, 0.29) is 17.0 Å². The molecule has 1 aromatic carbocycles. The van der Waals surface area contributed by atoms with Gasteiger partial charge in [-0.1, -0.05) is 13.0 Å². The number of nitrogens with one attached hydrogen (secondary N) is 1. The molecule has 3 N–H and O–H groups in total. The minimum absolute atomic E-state index is 0.0343. The number of nitrogen functional groups attached to an aromatic ring is 1. The molecule has 0 spiro atoms. The van der Waals surface area contributed by atoms with Crippen LogP contribution in [0.25, 0.3) is 0 Å². The summed E-state index contributed by atoms with van der Waals surface area (Å²) in [5.41, 5.74) is 7.40. The summed E-state index contributed by atoms with van der Waals surface area (Å²) in [6.07, 6.45) is 3.84. The minimum atomic E-state index is -3.54. The van der Waals surface area contributed by atoms with Crippen molar-refractivity contribution in [2.45, 2.75) is 49.6 Å². The zero-order valence-electron chi connectivity index (χ0n) is 12.2. The fraction of sp³-hybridized carbons (Fsp3) is 0.600. The predicted molar refractivity (Wildman–Crippen MR) is 81.4 cm³/mol. The van der Waals surface area contributed by atoms with Crippen LogP contribution >= 0.6 is 0 Å². The fourth-order valence-electron chi connectivity index (χ4n) is 2.96. The van der Waals surface area contributed by atoms with Crippen LogP contribution in [0.1, 0.15) is 31.7 Å². The maximum atomic E-state index is 12.5. The Labute approximate surface area is 125 Å². The second kappa shape index (κ2) is 5.59. The Morgan fingerprint density at radius 1 is 1.33 bits per heavy atom. The first-order valence-corrected chi connectivity index (χ1v) is 9.02. The Morgan fingerprint density at radius 3 is 2.71 bits per heavy atom. The Morgan fingerprint density at radius 2 is 2.10 bits per heavy atom. The molecular weight excluding hydrogens is 288 g/mol. The van der Waals surface area contributed by atoms with E-state index in [9.17, 15) is 8.42 Å². The van der Waals surface area contributed by atoms with Crippen molar-refractivity contribution in [2.75, 3.05) is 12.3 Å². The van der Waals surface area contributed by atoms with Crippen LogP contribution in [0.4, 0.5) is 5.69 Å². The Balaban J connectivity index is 1.78. The van der Waals surface area contributed by atoms with E-state index in [0.29, 0.717) is 18.2 Å². The quantitative estimate of drug-likeness (QED) is 0.811. The fourth-order valence-corrected chi connectivity index (χ4v) is 4.27. The maximum Gasteiger partial charge on any atom is 0.240 e. The van der Waals surface area contributed by atoms with Crippen LogP contribution in [-0.2, 0) is 21.2 Å². The topological polar surface area (TPSA) is 81.4 Å². The van der Waals surface area contributed by atoms with E-state index in [4.69, 9.17) is 10.5 Å². The molecule has 0 amide bonds. The molecule has 2 unspecified atom stereocenters. The summed E-state index contributed by atoms with van der Waals surface area (Å²) in [6.45, 7) is 2.62. The average molecular weight is 310 g/mol. The van der Waals surface area contributed by atoms with Gasteiger partial charge in [-0.05, 0) is 49.3 Å². The molecule has 0 aromatic heterocycles. The van der Waals surface area contributed by atoms with Crippen LogP contribution in [0, 0.1) is 5.92 Å². The lowest BCUT2D eigenvalue weighted by atomic mass is 10.1. The van der Waals surface area contributed by atoms with Crippen molar-refractivity contribution < 1.29 is 13.2 Å². The lowest BCUT2D eigenvalue weighted by Crippen LogP contribution is -2.41. The molecule has 6 heteroatoms. The van der Waals surface area contributed by atoms with E-state index in [2.05, 4.69) is 4.72 Å². The van der Waals surface area contributed by atoms with E-state index >= 15 is 0 Å². The predicted octanol–water partition coefficient (Wildman–Crippen LogP) is 1.68. The molecule has 2 aliphatic rings. The lowest BCUT2D eigenvalue weighted by Gasteiger charge is -2.19.